The van der Waals surface area contributed by atoms with Crippen molar-refractivity contribution in [2.75, 3.05) is 26.2 Å². The molecule has 1 saturated heterocycles. The van der Waals surface area contributed by atoms with Gasteiger partial charge in [0.05, 0.1) is 12.7 Å². The Kier molecular flexibility index (Phi) is 10.5. The van der Waals surface area contributed by atoms with Crippen LogP contribution in [0.15, 0.2) is 73.1 Å². The maximum atomic E-state index is 6.69. The van der Waals surface area contributed by atoms with E-state index in [9.17, 15) is 0 Å². The number of nitrogens with zero attached hydrogens (tertiary/aromatic N) is 5. The number of rotatable bonds is 12. The van der Waals surface area contributed by atoms with E-state index in [1.165, 1.54) is 41.3 Å². The molecule has 8 heteroatoms. The Hall–Kier alpha value is -3.00. The van der Waals surface area contributed by atoms with Crippen molar-refractivity contribution in [3.8, 4) is 5.88 Å². The fourth-order valence-electron chi connectivity index (χ4n) is 5.01. The maximum Gasteiger partial charge on any atom is 0.236 e. The zero-order chi connectivity index (χ0) is 25.3. The Labute approximate surface area is 231 Å². The lowest BCUT2D eigenvalue weighted by Gasteiger charge is -2.34. The molecular formula is C30H38ClN5O2. The summed E-state index contributed by atoms with van der Waals surface area (Å²) in [5.41, 5.74) is 4.19. The lowest BCUT2D eigenvalue weighted by Crippen LogP contribution is -2.38. The van der Waals surface area contributed by atoms with Gasteiger partial charge in [-0.1, -0.05) is 73.5 Å². The standard InChI is InChI=1S/C30H37N5O2.ClH/c1-24-22-28-31-23-32-35(28)33-30(24)36-21-11-3-2-10-18-34-19-16-27(17-20-34)37-29(25-12-6-4-7-13-25)26-14-8-5-9-15-26;/h4-9,12-15,22-23,27,29H,2-3,10-11,16-21H2,1H3;1H. The van der Waals surface area contributed by atoms with E-state index in [0.29, 0.717) is 18.6 Å². The van der Waals surface area contributed by atoms with Crippen LogP contribution < -0.4 is 4.74 Å². The molecule has 0 unspecified atom stereocenters. The summed E-state index contributed by atoms with van der Waals surface area (Å²) in [6.45, 7) is 6.06. The van der Waals surface area contributed by atoms with Gasteiger partial charge in [-0.15, -0.1) is 27.2 Å². The number of fused-ring (bicyclic) bond motifs is 1. The van der Waals surface area contributed by atoms with Crippen LogP contribution >= 0.6 is 12.4 Å². The fraction of sp³-hybridized carbons (Fsp3) is 0.433. The predicted molar refractivity (Wildman–Crippen MR) is 152 cm³/mol. The molecule has 0 bridgehead atoms. The zero-order valence-corrected chi connectivity index (χ0v) is 22.9. The van der Waals surface area contributed by atoms with Crippen LogP contribution in [-0.4, -0.2) is 57.1 Å². The van der Waals surface area contributed by atoms with Gasteiger partial charge >= 0.3 is 0 Å². The second-order valence-corrected chi connectivity index (χ2v) is 9.88. The van der Waals surface area contributed by atoms with Crippen LogP contribution in [0, 0.1) is 6.92 Å². The first-order chi connectivity index (χ1) is 18.3. The average Bonchev–Trinajstić information content (AvgIpc) is 3.40. The van der Waals surface area contributed by atoms with Crippen LogP contribution in [0.2, 0.25) is 0 Å². The molecule has 1 aliphatic heterocycles. The Morgan fingerprint density at radius 1 is 0.895 bits per heavy atom. The number of ether oxygens (including phenoxy) is 2. The molecule has 2 aromatic heterocycles. The molecule has 0 aliphatic carbocycles. The molecule has 0 spiro atoms. The smallest absolute Gasteiger partial charge is 0.236 e. The van der Waals surface area contributed by atoms with Crippen molar-refractivity contribution in [2.45, 2.75) is 57.7 Å². The number of halogens is 1. The van der Waals surface area contributed by atoms with Crippen molar-refractivity contribution in [3.63, 3.8) is 0 Å². The van der Waals surface area contributed by atoms with Crippen LogP contribution in [0.1, 0.15) is 61.3 Å². The van der Waals surface area contributed by atoms with E-state index in [2.05, 4.69) is 80.7 Å². The van der Waals surface area contributed by atoms with Crippen LogP contribution in [0.25, 0.3) is 5.65 Å². The Morgan fingerprint density at radius 3 is 2.24 bits per heavy atom. The van der Waals surface area contributed by atoms with Gasteiger partial charge < -0.3 is 14.4 Å². The Bertz CT molecular complexity index is 1190. The van der Waals surface area contributed by atoms with Crippen molar-refractivity contribution in [1.82, 2.24) is 24.7 Å². The van der Waals surface area contributed by atoms with Gasteiger partial charge in [-0.2, -0.15) is 0 Å². The molecule has 202 valence electrons. The number of likely N-dealkylation sites (tertiary alicyclic amines) is 1. The molecule has 2 aromatic carbocycles. The van der Waals surface area contributed by atoms with Crippen LogP contribution in [0.4, 0.5) is 0 Å². The highest BCUT2D eigenvalue weighted by molar-refractivity contribution is 5.85. The van der Waals surface area contributed by atoms with Crippen LogP contribution in [0.5, 0.6) is 5.88 Å². The lowest BCUT2D eigenvalue weighted by atomic mass is 10.00. The van der Waals surface area contributed by atoms with Crippen molar-refractivity contribution in [2.24, 2.45) is 0 Å². The second kappa shape index (κ2) is 14.2. The number of unbranched alkanes of at least 4 members (excludes halogenated alkanes) is 3. The van der Waals surface area contributed by atoms with Gasteiger partial charge in [0.15, 0.2) is 5.65 Å². The minimum atomic E-state index is -0.00159. The highest BCUT2D eigenvalue weighted by Gasteiger charge is 2.24. The van der Waals surface area contributed by atoms with E-state index in [1.54, 1.807) is 0 Å². The summed E-state index contributed by atoms with van der Waals surface area (Å²) in [5, 5.41) is 8.47. The minimum absolute atomic E-state index is 0. The molecule has 7 nitrogen and oxygen atoms in total. The quantitative estimate of drug-likeness (QED) is 0.205. The number of piperidine rings is 1. The maximum absolute atomic E-state index is 6.69. The van der Waals surface area contributed by atoms with Gasteiger partial charge in [0, 0.05) is 18.7 Å². The normalized spacial score (nSPS) is 14.6. The first kappa shape index (κ1) is 28.0. The van der Waals surface area contributed by atoms with Gasteiger partial charge in [0.25, 0.3) is 0 Å². The SMILES string of the molecule is Cc1cc2ncnn2nc1OCCCCCCN1CCC(OC(c2ccccc2)c2ccccc2)CC1.Cl. The molecule has 0 N–H and O–H groups in total. The second-order valence-electron chi connectivity index (χ2n) is 9.88. The Morgan fingerprint density at radius 2 is 1.55 bits per heavy atom. The Balaban J connectivity index is 0.00000336. The third-order valence-electron chi connectivity index (χ3n) is 7.10. The number of aromatic nitrogens is 4. The van der Waals surface area contributed by atoms with Crippen molar-refractivity contribution in [3.05, 3.63) is 89.7 Å². The number of aryl methyl sites for hydroxylation is 1. The predicted octanol–water partition coefficient (Wildman–Crippen LogP) is 6.06. The summed E-state index contributed by atoms with van der Waals surface area (Å²) in [4.78, 5) is 6.75. The molecule has 0 saturated carbocycles. The number of benzene rings is 2. The first-order valence-corrected chi connectivity index (χ1v) is 13.5. The van der Waals surface area contributed by atoms with Crippen molar-refractivity contribution < 1.29 is 9.47 Å². The zero-order valence-electron chi connectivity index (χ0n) is 22.1. The average molecular weight is 536 g/mol. The van der Waals surface area contributed by atoms with Crippen LogP contribution in [0.3, 0.4) is 0 Å². The summed E-state index contributed by atoms with van der Waals surface area (Å²) in [5.74, 6) is 0.643. The molecule has 38 heavy (non-hydrogen) atoms. The van der Waals surface area contributed by atoms with Gasteiger partial charge in [-0.05, 0) is 56.3 Å². The monoisotopic (exact) mass is 535 g/mol. The molecule has 0 amide bonds. The van der Waals surface area contributed by atoms with Gasteiger partial charge in [0.1, 0.15) is 12.4 Å². The van der Waals surface area contributed by atoms with Gasteiger partial charge in [-0.25, -0.2) is 4.98 Å². The minimum Gasteiger partial charge on any atom is -0.476 e. The summed E-state index contributed by atoms with van der Waals surface area (Å²) < 4.78 is 14.1. The molecule has 4 aromatic rings. The third kappa shape index (κ3) is 7.53. The summed E-state index contributed by atoms with van der Waals surface area (Å²) in [6, 6.07) is 23.2. The van der Waals surface area contributed by atoms with Crippen molar-refractivity contribution >= 4 is 18.1 Å². The molecular weight excluding hydrogens is 498 g/mol. The largest absolute Gasteiger partial charge is 0.476 e. The third-order valence-corrected chi connectivity index (χ3v) is 7.10. The topological polar surface area (TPSA) is 64.8 Å². The summed E-state index contributed by atoms with van der Waals surface area (Å²) in [7, 11) is 0. The lowest BCUT2D eigenvalue weighted by molar-refractivity contribution is -0.0271. The van der Waals surface area contributed by atoms with E-state index in [0.717, 1.165) is 50.1 Å². The van der Waals surface area contributed by atoms with Crippen molar-refractivity contribution in [1.29, 1.82) is 0 Å². The molecule has 1 aliphatic rings. The van der Waals surface area contributed by atoms with E-state index >= 15 is 0 Å². The van der Waals surface area contributed by atoms with Crippen LogP contribution in [-0.2, 0) is 4.74 Å². The molecule has 5 rings (SSSR count). The van der Waals surface area contributed by atoms with Gasteiger partial charge in [0.2, 0.25) is 5.88 Å². The van der Waals surface area contributed by atoms with E-state index in [4.69, 9.17) is 9.47 Å². The first-order valence-electron chi connectivity index (χ1n) is 13.5. The molecule has 0 atom stereocenters. The van der Waals surface area contributed by atoms with Gasteiger partial charge in [-0.3, -0.25) is 0 Å². The number of hydrogen-bond acceptors (Lipinski definition) is 6. The highest BCUT2D eigenvalue weighted by Crippen LogP contribution is 2.30. The summed E-state index contributed by atoms with van der Waals surface area (Å²) in [6.07, 6.45) is 8.63. The van der Waals surface area contributed by atoms with E-state index < -0.39 is 0 Å². The highest BCUT2D eigenvalue weighted by atomic mass is 35.5. The fourth-order valence-corrected chi connectivity index (χ4v) is 5.01. The molecule has 3 heterocycles. The summed E-state index contributed by atoms with van der Waals surface area (Å²) >= 11 is 0. The molecule has 1 fully saturated rings. The van der Waals surface area contributed by atoms with E-state index in [1.807, 2.05) is 13.0 Å². The van der Waals surface area contributed by atoms with E-state index in [-0.39, 0.29) is 18.5 Å². The molecule has 0 radical (unpaired) electrons. The number of hydrogen-bond donors (Lipinski definition) is 0.